The van der Waals surface area contributed by atoms with Crippen molar-refractivity contribution in [2.24, 2.45) is 4.99 Å². The minimum atomic E-state index is -0.295. The van der Waals surface area contributed by atoms with Crippen molar-refractivity contribution in [3.05, 3.63) is 0 Å². The van der Waals surface area contributed by atoms with Crippen molar-refractivity contribution in [3.8, 4) is 0 Å². The van der Waals surface area contributed by atoms with Gasteiger partial charge >= 0.3 is 0 Å². The molecule has 0 aromatic carbocycles. The van der Waals surface area contributed by atoms with Gasteiger partial charge in [0, 0.05) is 12.1 Å². The van der Waals surface area contributed by atoms with E-state index in [1.54, 1.807) is 0 Å². The smallest absolute Gasteiger partial charge is 0.162 e. The van der Waals surface area contributed by atoms with Gasteiger partial charge in [-0.1, -0.05) is 0 Å². The van der Waals surface area contributed by atoms with Gasteiger partial charge in [-0.05, 0) is 46.4 Å². The molecule has 0 heterocycles. The van der Waals surface area contributed by atoms with E-state index in [9.17, 15) is 0 Å². The summed E-state index contributed by atoms with van der Waals surface area (Å²) in [5.41, 5.74) is 0.0697. The van der Waals surface area contributed by atoms with E-state index >= 15 is 0 Å². The second-order valence-corrected chi connectivity index (χ2v) is 5.24. The SMILES string of the molecule is CC=NCCC[SiH2]OC(C)(C)C. The molecule has 12 heavy (non-hydrogen) atoms. The van der Waals surface area contributed by atoms with Crippen LogP contribution in [0.5, 0.6) is 0 Å². The van der Waals surface area contributed by atoms with Crippen LogP contribution in [-0.4, -0.2) is 28.1 Å². The highest BCUT2D eigenvalue weighted by Crippen LogP contribution is 2.06. The van der Waals surface area contributed by atoms with Gasteiger partial charge < -0.3 is 4.43 Å². The topological polar surface area (TPSA) is 21.6 Å². The third-order valence-corrected chi connectivity index (χ3v) is 3.26. The maximum Gasteiger partial charge on any atom is 0.162 e. The summed E-state index contributed by atoms with van der Waals surface area (Å²) in [5.74, 6) is 0. The zero-order valence-corrected chi connectivity index (χ0v) is 10.2. The molecule has 0 amide bonds. The van der Waals surface area contributed by atoms with Crippen LogP contribution in [0.1, 0.15) is 34.1 Å². The molecule has 72 valence electrons. The Bertz CT molecular complexity index is 129. The maximum absolute atomic E-state index is 5.70. The van der Waals surface area contributed by atoms with Crippen molar-refractivity contribution in [1.29, 1.82) is 0 Å². The molecular weight excluding hydrogens is 166 g/mol. The maximum atomic E-state index is 5.70. The lowest BCUT2D eigenvalue weighted by atomic mass is 10.2. The Morgan fingerprint density at radius 3 is 2.58 bits per heavy atom. The quantitative estimate of drug-likeness (QED) is 0.365. The molecule has 0 aliphatic heterocycles. The van der Waals surface area contributed by atoms with E-state index in [0.29, 0.717) is 0 Å². The Hall–Kier alpha value is -0.153. The highest BCUT2D eigenvalue weighted by Gasteiger charge is 2.08. The van der Waals surface area contributed by atoms with Gasteiger partial charge in [0.05, 0.1) is 0 Å². The fraction of sp³-hybridized carbons (Fsp3) is 0.889. The summed E-state index contributed by atoms with van der Waals surface area (Å²) < 4.78 is 5.70. The Labute approximate surface area is 78.4 Å². The molecule has 0 fully saturated rings. The monoisotopic (exact) mass is 187 g/mol. The van der Waals surface area contributed by atoms with E-state index in [1.807, 2.05) is 13.1 Å². The first kappa shape index (κ1) is 11.8. The first-order valence-electron chi connectivity index (χ1n) is 4.64. The summed E-state index contributed by atoms with van der Waals surface area (Å²) >= 11 is 0. The van der Waals surface area contributed by atoms with E-state index in [0.717, 1.165) is 6.54 Å². The minimum Gasteiger partial charge on any atom is -0.419 e. The number of hydrogen-bond donors (Lipinski definition) is 0. The predicted molar refractivity (Wildman–Crippen MR) is 57.8 cm³/mol. The minimum absolute atomic E-state index is 0.0697. The van der Waals surface area contributed by atoms with Crippen molar-refractivity contribution >= 4 is 16.0 Å². The van der Waals surface area contributed by atoms with E-state index < -0.39 is 0 Å². The average Bonchev–Trinajstić information content (AvgIpc) is 1.94. The Kier molecular flexibility index (Phi) is 6.29. The fourth-order valence-electron chi connectivity index (χ4n) is 0.813. The molecule has 0 aliphatic rings. The molecule has 0 aliphatic carbocycles. The van der Waals surface area contributed by atoms with Gasteiger partial charge in [0.25, 0.3) is 0 Å². The lowest BCUT2D eigenvalue weighted by Gasteiger charge is -2.19. The first-order chi connectivity index (χ1) is 5.56. The summed E-state index contributed by atoms with van der Waals surface area (Å²) in [6.07, 6.45) is 3.05. The van der Waals surface area contributed by atoms with Gasteiger partial charge in [0.2, 0.25) is 0 Å². The van der Waals surface area contributed by atoms with Crippen molar-refractivity contribution in [2.45, 2.75) is 45.8 Å². The van der Waals surface area contributed by atoms with Gasteiger partial charge in [-0.2, -0.15) is 0 Å². The normalized spacial score (nSPS) is 13.7. The molecule has 0 unspecified atom stereocenters. The fourth-order valence-corrected chi connectivity index (χ4v) is 2.00. The second kappa shape index (κ2) is 6.37. The standard InChI is InChI=1S/C9H21NOSi/c1-5-10-7-6-8-12-11-9(2,3)4/h5H,6-8,12H2,1-4H3. The molecule has 0 N–H and O–H groups in total. The van der Waals surface area contributed by atoms with E-state index in [2.05, 4.69) is 25.8 Å². The molecule has 0 aromatic heterocycles. The van der Waals surface area contributed by atoms with Gasteiger partial charge in [0.15, 0.2) is 9.76 Å². The van der Waals surface area contributed by atoms with Crippen molar-refractivity contribution < 1.29 is 4.43 Å². The van der Waals surface area contributed by atoms with Crippen molar-refractivity contribution in [1.82, 2.24) is 0 Å². The van der Waals surface area contributed by atoms with Crippen LogP contribution >= 0.6 is 0 Å². The highest BCUT2D eigenvalue weighted by atomic mass is 28.2. The summed E-state index contributed by atoms with van der Waals surface area (Å²) in [6.45, 7) is 9.28. The summed E-state index contributed by atoms with van der Waals surface area (Å²) in [5, 5.41) is 0. The molecule has 3 heteroatoms. The average molecular weight is 187 g/mol. The molecule has 0 spiro atoms. The molecule has 0 aromatic rings. The lowest BCUT2D eigenvalue weighted by Crippen LogP contribution is -2.21. The lowest BCUT2D eigenvalue weighted by molar-refractivity contribution is 0.138. The Balaban J connectivity index is 3.11. The van der Waals surface area contributed by atoms with Crippen LogP contribution in [0.2, 0.25) is 6.04 Å². The zero-order valence-electron chi connectivity index (χ0n) is 8.76. The van der Waals surface area contributed by atoms with Crippen molar-refractivity contribution in [3.63, 3.8) is 0 Å². The molecule has 0 radical (unpaired) electrons. The van der Waals surface area contributed by atoms with Gasteiger partial charge in [-0.25, -0.2) is 0 Å². The van der Waals surface area contributed by atoms with Crippen LogP contribution in [0.3, 0.4) is 0 Å². The van der Waals surface area contributed by atoms with Crippen LogP contribution in [0.25, 0.3) is 0 Å². The summed E-state index contributed by atoms with van der Waals surface area (Å²) in [6, 6.07) is 1.24. The van der Waals surface area contributed by atoms with Crippen LogP contribution in [-0.2, 0) is 4.43 Å². The number of nitrogens with zero attached hydrogens (tertiary/aromatic N) is 1. The van der Waals surface area contributed by atoms with Crippen LogP contribution in [0, 0.1) is 0 Å². The Morgan fingerprint density at radius 1 is 1.42 bits per heavy atom. The third-order valence-electron chi connectivity index (χ3n) is 1.40. The first-order valence-corrected chi connectivity index (χ1v) is 6.22. The highest BCUT2D eigenvalue weighted by molar-refractivity contribution is 6.27. The van der Waals surface area contributed by atoms with E-state index in [4.69, 9.17) is 4.43 Å². The molecule has 0 atom stereocenters. The largest absolute Gasteiger partial charge is 0.419 e. The molecule has 0 saturated carbocycles. The summed E-state index contributed by atoms with van der Waals surface area (Å²) in [7, 11) is -0.295. The van der Waals surface area contributed by atoms with Crippen molar-refractivity contribution in [2.75, 3.05) is 6.54 Å². The third kappa shape index (κ3) is 9.85. The molecule has 0 rings (SSSR count). The number of aliphatic imine (C=N–C) groups is 1. The number of rotatable bonds is 5. The van der Waals surface area contributed by atoms with E-state index in [1.165, 1.54) is 12.5 Å². The van der Waals surface area contributed by atoms with Crippen LogP contribution < -0.4 is 0 Å². The van der Waals surface area contributed by atoms with Gasteiger partial charge in [0.1, 0.15) is 0 Å². The summed E-state index contributed by atoms with van der Waals surface area (Å²) in [4.78, 5) is 4.15. The molecule has 2 nitrogen and oxygen atoms in total. The zero-order chi connectivity index (χ0) is 9.45. The molecular formula is C9H21NOSi. The van der Waals surface area contributed by atoms with Crippen LogP contribution in [0.15, 0.2) is 4.99 Å². The van der Waals surface area contributed by atoms with Crippen LogP contribution in [0.4, 0.5) is 0 Å². The van der Waals surface area contributed by atoms with Gasteiger partial charge in [-0.3, -0.25) is 4.99 Å². The van der Waals surface area contributed by atoms with Gasteiger partial charge in [-0.15, -0.1) is 0 Å². The number of hydrogen-bond acceptors (Lipinski definition) is 2. The molecule has 0 bridgehead atoms. The Morgan fingerprint density at radius 2 is 2.08 bits per heavy atom. The second-order valence-electron chi connectivity index (χ2n) is 3.83. The predicted octanol–water partition coefficient (Wildman–Crippen LogP) is 1.78. The van der Waals surface area contributed by atoms with E-state index in [-0.39, 0.29) is 15.4 Å². The molecule has 0 saturated heterocycles.